The van der Waals surface area contributed by atoms with E-state index in [-0.39, 0.29) is 44.1 Å². The van der Waals surface area contributed by atoms with Crippen LogP contribution in [0.3, 0.4) is 0 Å². The van der Waals surface area contributed by atoms with Crippen LogP contribution in [0, 0.1) is 12.1 Å². The van der Waals surface area contributed by atoms with Crippen molar-refractivity contribution >= 4 is 0 Å². The molecule has 53 heavy (non-hydrogen) atoms. The van der Waals surface area contributed by atoms with E-state index in [0.717, 1.165) is 11.6 Å². The van der Waals surface area contributed by atoms with Gasteiger partial charge in [0.05, 0.1) is 14.2 Å². The van der Waals surface area contributed by atoms with Crippen molar-refractivity contribution in [3.63, 3.8) is 0 Å². The molecule has 0 aliphatic rings. The molecule has 0 saturated carbocycles. The number of alkyl halides is 9. The molecular formula is C39H25F9N2O2Pt. The number of aromatic nitrogens is 2. The van der Waals surface area contributed by atoms with Gasteiger partial charge >= 0.3 is 39.6 Å². The summed E-state index contributed by atoms with van der Waals surface area (Å²) in [5.41, 5.74) is -1.10. The van der Waals surface area contributed by atoms with Gasteiger partial charge in [0.1, 0.15) is 11.5 Å². The Morgan fingerprint density at radius 2 is 1.02 bits per heavy atom. The van der Waals surface area contributed by atoms with Crippen LogP contribution in [0.2, 0.25) is 0 Å². The molecule has 0 aliphatic carbocycles. The first-order valence-electron chi connectivity index (χ1n) is 15.1. The summed E-state index contributed by atoms with van der Waals surface area (Å²) in [7, 11) is 2.82. The van der Waals surface area contributed by atoms with E-state index in [4.69, 9.17) is 9.47 Å². The van der Waals surface area contributed by atoms with Crippen LogP contribution < -0.4 is 9.47 Å². The fourth-order valence-electron chi connectivity index (χ4n) is 5.06. The Balaban J connectivity index is 0.000000244. The Hall–Kier alpha value is -5.16. The third-order valence-electron chi connectivity index (χ3n) is 7.49. The zero-order valence-electron chi connectivity index (χ0n) is 27.4. The second kappa shape index (κ2) is 16.7. The smallest absolute Gasteiger partial charge is 0.497 e. The minimum Gasteiger partial charge on any atom is -0.497 e. The third kappa shape index (κ3) is 10.0. The number of rotatable bonds is 6. The van der Waals surface area contributed by atoms with Gasteiger partial charge in [0, 0.05) is 12.4 Å². The molecule has 0 N–H and O–H groups in total. The first-order valence-corrected chi connectivity index (χ1v) is 15.1. The van der Waals surface area contributed by atoms with Gasteiger partial charge in [-0.25, -0.2) is 0 Å². The van der Waals surface area contributed by atoms with Crippen LogP contribution in [-0.4, -0.2) is 24.2 Å². The molecule has 0 atom stereocenters. The van der Waals surface area contributed by atoms with E-state index >= 15 is 0 Å². The molecular weight excluding hydrogens is 895 g/mol. The minimum absolute atomic E-state index is 0. The topological polar surface area (TPSA) is 44.2 Å². The molecule has 0 fully saturated rings. The summed E-state index contributed by atoms with van der Waals surface area (Å²) in [6, 6.07) is 30.5. The Bertz CT molecular complexity index is 2110. The van der Waals surface area contributed by atoms with Crippen molar-refractivity contribution < 1.29 is 70.1 Å². The van der Waals surface area contributed by atoms with Crippen LogP contribution in [0.4, 0.5) is 39.5 Å². The number of methoxy groups -OCH3 is 2. The van der Waals surface area contributed by atoms with Gasteiger partial charge in [-0.15, -0.1) is 41.5 Å². The van der Waals surface area contributed by atoms with Gasteiger partial charge in [-0.05, 0) is 57.9 Å². The van der Waals surface area contributed by atoms with Crippen LogP contribution in [0.5, 0.6) is 11.5 Å². The molecule has 2 heterocycles. The summed E-state index contributed by atoms with van der Waals surface area (Å²) >= 11 is 0. The van der Waals surface area contributed by atoms with Crippen molar-refractivity contribution in [1.29, 1.82) is 0 Å². The maximum absolute atomic E-state index is 13.8. The monoisotopic (exact) mass is 919 g/mol. The van der Waals surface area contributed by atoms with Crippen molar-refractivity contribution in [2.45, 2.75) is 18.5 Å². The largest absolute Gasteiger partial charge is 2.00 e. The molecule has 6 rings (SSSR count). The molecule has 2 aromatic heterocycles. The van der Waals surface area contributed by atoms with Gasteiger partial charge < -0.3 is 19.4 Å². The minimum atomic E-state index is -4.95. The van der Waals surface area contributed by atoms with Gasteiger partial charge in [-0.2, -0.15) is 39.5 Å². The van der Waals surface area contributed by atoms with Crippen LogP contribution in [0.25, 0.3) is 44.8 Å². The van der Waals surface area contributed by atoms with E-state index in [0.29, 0.717) is 34.2 Å². The second-order valence-corrected chi connectivity index (χ2v) is 10.9. The first kappa shape index (κ1) is 40.6. The predicted molar refractivity (Wildman–Crippen MR) is 176 cm³/mol. The molecule has 0 amide bonds. The van der Waals surface area contributed by atoms with Crippen LogP contribution in [0.1, 0.15) is 16.7 Å². The number of nitrogens with zero attached hydrogens (tertiary/aromatic N) is 2. The number of pyridine rings is 2. The normalized spacial score (nSPS) is 11.5. The summed E-state index contributed by atoms with van der Waals surface area (Å²) in [5.74, 6) is 0.760. The standard InChI is InChI=1S/C25H17F3NO.C14H8F6NO.Pt/c1-30-20-12-13-29-23(16-20)22-15-19(25(26,27)28)14-21(17-8-4-2-5-9-17)24(22)18-10-6-3-7-11-18;1-22-11-2-3-21-12(7-11)8-4-9(13(15,16)17)6-10(5-8)14(18,19)20;/h2-14,16H,1H3;2-4,6-7H,1H3;/q2*-1;+2. The maximum atomic E-state index is 13.8. The number of hydrogen-bond donors (Lipinski definition) is 0. The Morgan fingerprint density at radius 1 is 0.528 bits per heavy atom. The van der Waals surface area contributed by atoms with Crippen molar-refractivity contribution in [2.24, 2.45) is 0 Å². The quantitative estimate of drug-likeness (QED) is 0.123. The molecule has 4 nitrogen and oxygen atoms in total. The van der Waals surface area contributed by atoms with E-state index in [1.807, 2.05) is 42.5 Å². The first-order chi connectivity index (χ1) is 24.6. The number of ether oxygens (including phenoxy) is 2. The molecule has 276 valence electrons. The summed E-state index contributed by atoms with van der Waals surface area (Å²) in [6.45, 7) is 0. The molecule has 4 aromatic carbocycles. The fraction of sp³-hybridized carbons (Fsp3) is 0.128. The molecule has 14 heteroatoms. The van der Waals surface area contributed by atoms with Crippen molar-refractivity contribution in [3.05, 3.63) is 144 Å². The van der Waals surface area contributed by atoms with Gasteiger partial charge in [0.15, 0.2) is 0 Å². The van der Waals surface area contributed by atoms with Gasteiger partial charge in [-0.1, -0.05) is 77.4 Å². The SMILES string of the molecule is COc1ccnc(-c2[c-]c(C(F)(F)F)cc(-c3ccccc3)c2-c2ccccc2)c1.COc1ccnc(-c2[c-]c(C(F)(F)F)cc(C(F)(F)F)c2)c1.[Pt+2]. The molecule has 0 unspecified atom stereocenters. The molecule has 0 bridgehead atoms. The van der Waals surface area contributed by atoms with Crippen LogP contribution >= 0.6 is 0 Å². The Labute approximate surface area is 312 Å². The summed E-state index contributed by atoms with van der Waals surface area (Å²) in [4.78, 5) is 8.08. The van der Waals surface area contributed by atoms with Gasteiger partial charge in [0.2, 0.25) is 0 Å². The Kier molecular flexibility index (Phi) is 12.8. The van der Waals surface area contributed by atoms with Crippen molar-refractivity contribution in [1.82, 2.24) is 9.97 Å². The zero-order valence-corrected chi connectivity index (χ0v) is 29.7. The fourth-order valence-corrected chi connectivity index (χ4v) is 5.06. The van der Waals surface area contributed by atoms with Crippen molar-refractivity contribution in [3.8, 4) is 56.3 Å². The van der Waals surface area contributed by atoms with E-state index in [1.54, 1.807) is 36.4 Å². The van der Waals surface area contributed by atoms with E-state index in [9.17, 15) is 39.5 Å². The number of halogens is 9. The summed E-state index contributed by atoms with van der Waals surface area (Å²) in [5, 5.41) is 0. The number of benzene rings is 4. The summed E-state index contributed by atoms with van der Waals surface area (Å²) in [6.07, 6.45) is -11.7. The molecule has 6 aromatic rings. The van der Waals surface area contributed by atoms with E-state index in [2.05, 4.69) is 16.0 Å². The Morgan fingerprint density at radius 3 is 1.53 bits per heavy atom. The average molecular weight is 920 g/mol. The average Bonchev–Trinajstić information content (AvgIpc) is 3.14. The maximum Gasteiger partial charge on any atom is 2.00 e. The zero-order chi connectivity index (χ0) is 37.7. The third-order valence-corrected chi connectivity index (χ3v) is 7.49. The van der Waals surface area contributed by atoms with Gasteiger partial charge in [0.25, 0.3) is 0 Å². The second-order valence-electron chi connectivity index (χ2n) is 10.9. The van der Waals surface area contributed by atoms with Crippen molar-refractivity contribution in [2.75, 3.05) is 14.2 Å². The van der Waals surface area contributed by atoms with Crippen LogP contribution in [-0.2, 0) is 39.6 Å². The molecule has 0 spiro atoms. The van der Waals surface area contributed by atoms with Crippen LogP contribution in [0.15, 0.2) is 116 Å². The number of hydrogen-bond acceptors (Lipinski definition) is 4. The predicted octanol–water partition coefficient (Wildman–Crippen LogP) is 11.5. The van der Waals surface area contributed by atoms with E-state index < -0.39 is 40.8 Å². The van der Waals surface area contributed by atoms with Gasteiger partial charge in [-0.3, -0.25) is 0 Å². The molecule has 0 saturated heterocycles. The molecule has 0 radical (unpaired) electrons. The molecule has 0 aliphatic heterocycles. The summed E-state index contributed by atoms with van der Waals surface area (Å²) < 4.78 is 128. The van der Waals surface area contributed by atoms with E-state index in [1.165, 1.54) is 38.7 Å².